The van der Waals surface area contributed by atoms with Crippen LogP contribution in [0.1, 0.15) is 24.3 Å². The number of carbonyl (C=O) groups excluding carboxylic acids is 1. The van der Waals surface area contributed by atoms with Gasteiger partial charge in [0.15, 0.2) is 11.5 Å². The first kappa shape index (κ1) is 14.8. The van der Waals surface area contributed by atoms with E-state index in [0.717, 1.165) is 5.56 Å². The zero-order valence-electron chi connectivity index (χ0n) is 12.1. The Balaban J connectivity index is 1.68. The van der Waals surface area contributed by atoms with Crippen molar-refractivity contribution in [3.05, 3.63) is 46.9 Å². The highest BCUT2D eigenvalue weighted by atomic mass is 35.5. The van der Waals surface area contributed by atoms with Crippen molar-refractivity contribution >= 4 is 17.5 Å². The summed E-state index contributed by atoms with van der Waals surface area (Å²) in [5.41, 5.74) is 0.776. The number of amides is 1. The van der Waals surface area contributed by atoms with E-state index in [2.05, 4.69) is 5.32 Å². The van der Waals surface area contributed by atoms with Crippen molar-refractivity contribution in [2.45, 2.75) is 19.4 Å². The quantitative estimate of drug-likeness (QED) is 0.940. The largest absolute Gasteiger partial charge is 0.486 e. The molecule has 6 heteroatoms. The smallest absolute Gasteiger partial charge is 0.225 e. The van der Waals surface area contributed by atoms with Crippen LogP contribution >= 0.6 is 11.6 Å². The Morgan fingerprint density at radius 2 is 2.18 bits per heavy atom. The maximum absolute atomic E-state index is 12.1. The van der Waals surface area contributed by atoms with Gasteiger partial charge < -0.3 is 19.2 Å². The summed E-state index contributed by atoms with van der Waals surface area (Å²) in [6.45, 7) is 2.83. The van der Waals surface area contributed by atoms with Crippen LogP contribution in [0, 0.1) is 0 Å². The van der Waals surface area contributed by atoms with Gasteiger partial charge in [-0.2, -0.15) is 0 Å². The van der Waals surface area contributed by atoms with E-state index < -0.39 is 0 Å². The molecule has 0 radical (unpaired) electrons. The number of rotatable bonds is 4. The molecule has 2 heterocycles. The van der Waals surface area contributed by atoms with Gasteiger partial charge in [-0.3, -0.25) is 4.79 Å². The SMILES string of the molecule is C[C@H](NC(=O)Cc1cc(Cl)c2c(c1)OCCO2)c1ccco1. The predicted octanol–water partition coefficient (Wildman–Crippen LogP) is 3.12. The summed E-state index contributed by atoms with van der Waals surface area (Å²) in [6, 6.07) is 6.95. The van der Waals surface area contributed by atoms with Gasteiger partial charge in [0.05, 0.1) is 23.7 Å². The third-order valence-electron chi connectivity index (χ3n) is 3.37. The molecule has 5 nitrogen and oxygen atoms in total. The number of ether oxygens (including phenoxy) is 2. The molecule has 0 saturated heterocycles. The number of hydrogen-bond donors (Lipinski definition) is 1. The first-order chi connectivity index (χ1) is 10.6. The van der Waals surface area contributed by atoms with E-state index in [9.17, 15) is 4.79 Å². The van der Waals surface area contributed by atoms with Crippen molar-refractivity contribution in [1.29, 1.82) is 0 Å². The van der Waals surface area contributed by atoms with Crippen LogP contribution in [-0.4, -0.2) is 19.1 Å². The van der Waals surface area contributed by atoms with E-state index in [4.69, 9.17) is 25.5 Å². The van der Waals surface area contributed by atoms with Gasteiger partial charge in [-0.25, -0.2) is 0 Å². The van der Waals surface area contributed by atoms with Crippen molar-refractivity contribution in [1.82, 2.24) is 5.32 Å². The highest BCUT2D eigenvalue weighted by Crippen LogP contribution is 2.38. The first-order valence-electron chi connectivity index (χ1n) is 7.04. The van der Waals surface area contributed by atoms with Crippen LogP contribution in [-0.2, 0) is 11.2 Å². The Kier molecular flexibility index (Phi) is 4.24. The fourth-order valence-electron chi connectivity index (χ4n) is 2.35. The summed E-state index contributed by atoms with van der Waals surface area (Å²) < 4.78 is 16.2. The molecule has 1 aromatic carbocycles. The van der Waals surface area contributed by atoms with Crippen LogP contribution in [0.5, 0.6) is 11.5 Å². The fourth-order valence-corrected chi connectivity index (χ4v) is 2.64. The molecule has 3 rings (SSSR count). The Morgan fingerprint density at radius 3 is 2.95 bits per heavy atom. The molecule has 1 aliphatic heterocycles. The highest BCUT2D eigenvalue weighted by Gasteiger charge is 2.18. The van der Waals surface area contributed by atoms with E-state index in [1.807, 2.05) is 13.0 Å². The minimum absolute atomic E-state index is 0.114. The number of hydrogen-bond acceptors (Lipinski definition) is 4. The number of furan rings is 1. The normalized spacial score (nSPS) is 14.5. The molecule has 0 fully saturated rings. The summed E-state index contributed by atoms with van der Waals surface area (Å²) in [5, 5.41) is 3.34. The molecule has 0 bridgehead atoms. The second kappa shape index (κ2) is 6.32. The number of nitrogens with one attached hydrogen (secondary N) is 1. The average molecular weight is 322 g/mol. The number of fused-ring (bicyclic) bond motifs is 1. The van der Waals surface area contributed by atoms with Crippen molar-refractivity contribution in [2.24, 2.45) is 0 Å². The molecule has 1 aromatic heterocycles. The summed E-state index contributed by atoms with van der Waals surface area (Å²) in [5.74, 6) is 1.73. The first-order valence-corrected chi connectivity index (χ1v) is 7.42. The van der Waals surface area contributed by atoms with Gasteiger partial charge in [0, 0.05) is 0 Å². The second-order valence-electron chi connectivity index (χ2n) is 5.08. The standard InChI is InChI=1S/C16H16ClNO4/c1-10(13-3-2-4-20-13)18-15(19)9-11-7-12(17)16-14(8-11)21-5-6-22-16/h2-4,7-8,10H,5-6,9H2,1H3,(H,18,19)/t10-/m0/s1. The fraction of sp³-hybridized carbons (Fsp3) is 0.312. The summed E-state index contributed by atoms with van der Waals surface area (Å²) >= 11 is 6.17. The minimum atomic E-state index is -0.185. The molecule has 116 valence electrons. The van der Waals surface area contributed by atoms with Gasteiger partial charge in [-0.15, -0.1) is 0 Å². The Morgan fingerprint density at radius 1 is 1.36 bits per heavy atom. The molecule has 0 saturated carbocycles. The van der Waals surface area contributed by atoms with Gasteiger partial charge in [0.2, 0.25) is 5.91 Å². The van der Waals surface area contributed by atoms with E-state index in [1.54, 1.807) is 24.5 Å². The molecule has 0 spiro atoms. The van der Waals surface area contributed by atoms with Gasteiger partial charge in [-0.1, -0.05) is 11.6 Å². The topological polar surface area (TPSA) is 60.7 Å². The van der Waals surface area contributed by atoms with E-state index in [0.29, 0.717) is 35.5 Å². The zero-order chi connectivity index (χ0) is 15.5. The summed E-state index contributed by atoms with van der Waals surface area (Å²) in [4.78, 5) is 12.1. The van der Waals surface area contributed by atoms with E-state index in [1.165, 1.54) is 0 Å². The monoisotopic (exact) mass is 321 g/mol. The Hall–Kier alpha value is -2.14. The minimum Gasteiger partial charge on any atom is -0.486 e. The van der Waals surface area contributed by atoms with E-state index in [-0.39, 0.29) is 18.4 Å². The Labute approximate surface area is 133 Å². The van der Waals surface area contributed by atoms with Crippen LogP contribution in [0.3, 0.4) is 0 Å². The van der Waals surface area contributed by atoms with Crippen LogP contribution < -0.4 is 14.8 Å². The molecule has 1 N–H and O–H groups in total. The van der Waals surface area contributed by atoms with Crippen LogP contribution in [0.2, 0.25) is 5.02 Å². The molecule has 2 aromatic rings. The zero-order valence-corrected chi connectivity index (χ0v) is 12.9. The molecule has 0 aliphatic carbocycles. The predicted molar refractivity (Wildman–Crippen MR) is 81.4 cm³/mol. The van der Waals surface area contributed by atoms with Gasteiger partial charge >= 0.3 is 0 Å². The highest BCUT2D eigenvalue weighted by molar-refractivity contribution is 6.32. The van der Waals surface area contributed by atoms with Gasteiger partial charge in [0.25, 0.3) is 0 Å². The third kappa shape index (κ3) is 3.20. The summed E-state index contributed by atoms with van der Waals surface area (Å²) in [6.07, 6.45) is 1.79. The maximum Gasteiger partial charge on any atom is 0.225 e. The molecule has 0 unspecified atom stereocenters. The van der Waals surface area contributed by atoms with E-state index >= 15 is 0 Å². The number of benzene rings is 1. The number of halogens is 1. The molecular weight excluding hydrogens is 306 g/mol. The van der Waals surface area contributed by atoms with Gasteiger partial charge in [0.1, 0.15) is 19.0 Å². The van der Waals surface area contributed by atoms with Crippen LogP contribution in [0.15, 0.2) is 34.9 Å². The molecule has 1 aliphatic rings. The van der Waals surface area contributed by atoms with Gasteiger partial charge in [-0.05, 0) is 36.8 Å². The lowest BCUT2D eigenvalue weighted by molar-refractivity contribution is -0.121. The third-order valence-corrected chi connectivity index (χ3v) is 3.65. The average Bonchev–Trinajstić information content (AvgIpc) is 3.01. The molecule has 1 atom stereocenters. The lowest BCUT2D eigenvalue weighted by Gasteiger charge is -2.20. The molecular formula is C16H16ClNO4. The van der Waals surface area contributed by atoms with Crippen molar-refractivity contribution in [3.8, 4) is 11.5 Å². The van der Waals surface area contributed by atoms with Crippen LogP contribution in [0.25, 0.3) is 0 Å². The molecule has 22 heavy (non-hydrogen) atoms. The molecule has 1 amide bonds. The number of carbonyl (C=O) groups is 1. The van der Waals surface area contributed by atoms with Crippen molar-refractivity contribution in [3.63, 3.8) is 0 Å². The maximum atomic E-state index is 12.1. The lowest BCUT2D eigenvalue weighted by atomic mass is 10.1. The second-order valence-corrected chi connectivity index (χ2v) is 5.49. The van der Waals surface area contributed by atoms with Crippen LogP contribution in [0.4, 0.5) is 0 Å². The lowest BCUT2D eigenvalue weighted by Crippen LogP contribution is -2.28. The summed E-state index contributed by atoms with van der Waals surface area (Å²) in [7, 11) is 0. The van der Waals surface area contributed by atoms with Crippen molar-refractivity contribution in [2.75, 3.05) is 13.2 Å². The Bertz CT molecular complexity index is 669. The van der Waals surface area contributed by atoms with Crippen molar-refractivity contribution < 1.29 is 18.7 Å².